The topological polar surface area (TPSA) is 52.6 Å². The second-order valence-electron chi connectivity index (χ2n) is 6.89. The molecule has 0 fully saturated rings. The molecule has 0 saturated heterocycles. The Balaban J connectivity index is 1.99. The molecule has 26 heavy (non-hydrogen) atoms. The first kappa shape index (κ1) is 19.7. The third-order valence-corrected chi connectivity index (χ3v) is 4.18. The van der Waals surface area contributed by atoms with Crippen LogP contribution in [0.25, 0.3) is 0 Å². The highest BCUT2D eigenvalue weighted by Gasteiger charge is 2.13. The van der Waals surface area contributed by atoms with E-state index in [1.165, 1.54) is 6.07 Å². The third-order valence-electron chi connectivity index (χ3n) is 4.18. The predicted octanol–water partition coefficient (Wildman–Crippen LogP) is 5.12. The fourth-order valence-corrected chi connectivity index (χ4v) is 2.46. The lowest BCUT2D eigenvalue weighted by Gasteiger charge is -2.09. The quantitative estimate of drug-likeness (QED) is 0.394. The average molecular weight is 354 g/mol. The second-order valence-corrected chi connectivity index (χ2v) is 6.89. The summed E-state index contributed by atoms with van der Waals surface area (Å²) in [6.07, 6.45) is 1.84. The molecule has 0 atom stereocenters. The molecule has 0 radical (unpaired) electrons. The molecule has 0 heterocycles. The van der Waals surface area contributed by atoms with Crippen molar-refractivity contribution in [1.82, 2.24) is 0 Å². The van der Waals surface area contributed by atoms with Gasteiger partial charge in [0.25, 0.3) is 0 Å². The molecule has 0 spiro atoms. The minimum absolute atomic E-state index is 0.319. The molecule has 0 unspecified atom stereocenters. The first-order chi connectivity index (χ1) is 12.4. The molecule has 2 aromatic carbocycles. The fourth-order valence-electron chi connectivity index (χ4n) is 2.46. The summed E-state index contributed by atoms with van der Waals surface area (Å²) in [4.78, 5) is 24.5. The van der Waals surface area contributed by atoms with Crippen LogP contribution in [-0.2, 0) is 4.74 Å². The zero-order chi connectivity index (χ0) is 19.1. The molecular formula is C22H26O4. The smallest absolute Gasteiger partial charge is 0.343 e. The second kappa shape index (κ2) is 9.18. The molecule has 0 aromatic heterocycles. The normalized spacial score (nSPS) is 10.7. The number of benzene rings is 2. The molecule has 0 aliphatic rings. The first-order valence-corrected chi connectivity index (χ1v) is 8.93. The van der Waals surface area contributed by atoms with E-state index in [2.05, 4.69) is 13.8 Å². The van der Waals surface area contributed by atoms with Crippen molar-refractivity contribution in [3.05, 3.63) is 64.7 Å². The summed E-state index contributed by atoms with van der Waals surface area (Å²) in [7, 11) is 0. The van der Waals surface area contributed by atoms with Crippen molar-refractivity contribution in [2.24, 2.45) is 5.92 Å². The van der Waals surface area contributed by atoms with Gasteiger partial charge in [0.1, 0.15) is 5.75 Å². The maximum atomic E-state index is 12.3. The van der Waals surface area contributed by atoms with E-state index in [-0.39, 0.29) is 0 Å². The van der Waals surface area contributed by atoms with E-state index >= 15 is 0 Å². The highest BCUT2D eigenvalue weighted by molar-refractivity contribution is 5.96. The SMILES string of the molecule is Cc1ccc(OC(=O)c2cccc(C(=O)OCCCC(C)C)c2)cc1C. The van der Waals surface area contributed by atoms with Crippen molar-refractivity contribution in [2.45, 2.75) is 40.5 Å². The summed E-state index contributed by atoms with van der Waals surface area (Å²) in [5, 5.41) is 0. The minimum atomic E-state index is -0.497. The Morgan fingerprint density at radius 3 is 2.27 bits per heavy atom. The molecule has 0 aliphatic carbocycles. The van der Waals surface area contributed by atoms with Crippen LogP contribution >= 0.6 is 0 Å². The number of hydrogen-bond donors (Lipinski definition) is 0. The third kappa shape index (κ3) is 5.73. The van der Waals surface area contributed by atoms with Crippen LogP contribution in [0.3, 0.4) is 0 Å². The van der Waals surface area contributed by atoms with Crippen molar-refractivity contribution in [3.8, 4) is 5.75 Å². The molecule has 0 saturated carbocycles. The van der Waals surface area contributed by atoms with Gasteiger partial charge in [0.05, 0.1) is 17.7 Å². The van der Waals surface area contributed by atoms with Gasteiger partial charge < -0.3 is 9.47 Å². The molecular weight excluding hydrogens is 328 g/mol. The van der Waals surface area contributed by atoms with E-state index < -0.39 is 11.9 Å². The van der Waals surface area contributed by atoms with Crippen molar-refractivity contribution >= 4 is 11.9 Å². The number of aryl methyl sites for hydroxylation is 2. The van der Waals surface area contributed by atoms with Gasteiger partial charge in [-0.05, 0) is 74.1 Å². The Morgan fingerprint density at radius 2 is 1.62 bits per heavy atom. The minimum Gasteiger partial charge on any atom is -0.462 e. The van der Waals surface area contributed by atoms with Crippen LogP contribution in [0.4, 0.5) is 0 Å². The number of esters is 2. The Morgan fingerprint density at radius 1 is 0.923 bits per heavy atom. The van der Waals surface area contributed by atoms with Crippen LogP contribution in [0, 0.1) is 19.8 Å². The Kier molecular flexibility index (Phi) is 6.96. The van der Waals surface area contributed by atoms with E-state index in [4.69, 9.17) is 9.47 Å². The highest BCUT2D eigenvalue weighted by atomic mass is 16.5. The molecule has 138 valence electrons. The number of hydrogen-bond acceptors (Lipinski definition) is 4. The standard InChI is InChI=1S/C22H26O4/c1-15(2)7-6-12-25-21(23)18-8-5-9-19(14-18)22(24)26-20-11-10-16(3)17(4)13-20/h5,8-11,13-15H,6-7,12H2,1-4H3. The van der Waals surface area contributed by atoms with Crippen LogP contribution in [0.15, 0.2) is 42.5 Å². The maximum Gasteiger partial charge on any atom is 0.343 e. The molecule has 2 aromatic rings. The average Bonchev–Trinajstić information content (AvgIpc) is 2.61. The van der Waals surface area contributed by atoms with Crippen LogP contribution in [-0.4, -0.2) is 18.5 Å². The number of carbonyl (C=O) groups is 2. The van der Waals surface area contributed by atoms with Gasteiger partial charge in [-0.25, -0.2) is 9.59 Å². The fraction of sp³-hybridized carbons (Fsp3) is 0.364. The molecule has 2 rings (SSSR count). The van der Waals surface area contributed by atoms with Crippen molar-refractivity contribution in [1.29, 1.82) is 0 Å². The maximum absolute atomic E-state index is 12.3. The van der Waals surface area contributed by atoms with Crippen molar-refractivity contribution in [2.75, 3.05) is 6.61 Å². The van der Waals surface area contributed by atoms with E-state index in [0.717, 1.165) is 24.0 Å². The molecule has 4 heteroatoms. The summed E-state index contributed by atoms with van der Waals surface area (Å²) in [5.74, 6) is 0.147. The van der Waals surface area contributed by atoms with Gasteiger partial charge >= 0.3 is 11.9 Å². The van der Waals surface area contributed by atoms with E-state index in [1.807, 2.05) is 26.0 Å². The van der Waals surface area contributed by atoms with Crippen LogP contribution in [0.1, 0.15) is 58.5 Å². The first-order valence-electron chi connectivity index (χ1n) is 8.93. The molecule has 0 N–H and O–H groups in total. The van der Waals surface area contributed by atoms with Gasteiger partial charge in [-0.3, -0.25) is 0 Å². The number of ether oxygens (including phenoxy) is 2. The Labute approximate surface area is 155 Å². The number of carbonyl (C=O) groups excluding carboxylic acids is 2. The molecule has 0 bridgehead atoms. The summed E-state index contributed by atoms with van der Waals surface area (Å²) < 4.78 is 10.7. The molecule has 0 amide bonds. The van der Waals surface area contributed by atoms with Gasteiger partial charge in [-0.1, -0.05) is 26.0 Å². The Hall–Kier alpha value is -2.62. The van der Waals surface area contributed by atoms with Gasteiger partial charge in [0.2, 0.25) is 0 Å². The van der Waals surface area contributed by atoms with Crippen molar-refractivity contribution < 1.29 is 19.1 Å². The van der Waals surface area contributed by atoms with Crippen LogP contribution in [0.2, 0.25) is 0 Å². The summed E-state index contributed by atoms with van der Waals surface area (Å²) in [6.45, 7) is 8.60. The molecule has 4 nitrogen and oxygen atoms in total. The summed E-state index contributed by atoms with van der Waals surface area (Å²) in [5.41, 5.74) is 2.85. The number of rotatable bonds is 7. The van der Waals surface area contributed by atoms with Crippen LogP contribution < -0.4 is 4.74 Å². The Bertz CT molecular complexity index is 777. The largest absolute Gasteiger partial charge is 0.462 e. The lowest BCUT2D eigenvalue weighted by Crippen LogP contribution is -2.11. The lowest BCUT2D eigenvalue weighted by atomic mass is 10.1. The predicted molar refractivity (Wildman–Crippen MR) is 102 cm³/mol. The van der Waals surface area contributed by atoms with E-state index in [9.17, 15) is 9.59 Å². The highest BCUT2D eigenvalue weighted by Crippen LogP contribution is 2.18. The zero-order valence-electron chi connectivity index (χ0n) is 15.9. The molecule has 0 aliphatic heterocycles. The van der Waals surface area contributed by atoms with E-state index in [1.54, 1.807) is 24.3 Å². The summed E-state index contributed by atoms with van der Waals surface area (Å²) in [6, 6.07) is 11.9. The zero-order valence-corrected chi connectivity index (χ0v) is 15.9. The summed E-state index contributed by atoms with van der Waals surface area (Å²) >= 11 is 0. The van der Waals surface area contributed by atoms with E-state index in [0.29, 0.717) is 29.4 Å². The van der Waals surface area contributed by atoms with Crippen molar-refractivity contribution in [3.63, 3.8) is 0 Å². The van der Waals surface area contributed by atoms with Crippen LogP contribution in [0.5, 0.6) is 5.75 Å². The monoisotopic (exact) mass is 354 g/mol. The van der Waals surface area contributed by atoms with Gasteiger partial charge in [-0.2, -0.15) is 0 Å². The van der Waals surface area contributed by atoms with Gasteiger partial charge in [0.15, 0.2) is 0 Å². The van der Waals surface area contributed by atoms with Gasteiger partial charge in [-0.15, -0.1) is 0 Å². The lowest BCUT2D eigenvalue weighted by molar-refractivity contribution is 0.0494. The van der Waals surface area contributed by atoms with Gasteiger partial charge in [0, 0.05) is 0 Å².